The Bertz CT molecular complexity index is 304. The molecule has 4 heteroatoms. The van der Waals surface area contributed by atoms with Crippen molar-refractivity contribution in [1.82, 2.24) is 5.32 Å². The van der Waals surface area contributed by atoms with Gasteiger partial charge in [-0.3, -0.25) is 0 Å². The topological polar surface area (TPSA) is 39.7 Å². The van der Waals surface area contributed by atoms with E-state index in [1.807, 2.05) is 31.2 Å². The van der Waals surface area contributed by atoms with Crippen LogP contribution in [0.15, 0.2) is 24.3 Å². The molecule has 0 heterocycles. The normalized spacial score (nSPS) is 10.2. The summed E-state index contributed by atoms with van der Waals surface area (Å²) in [6.07, 6.45) is 0. The van der Waals surface area contributed by atoms with Crippen LogP contribution in [0.5, 0.6) is 11.5 Å². The first-order chi connectivity index (χ1) is 8.36. The predicted molar refractivity (Wildman–Crippen MR) is 67.9 cm³/mol. The Labute approximate surface area is 103 Å². The smallest absolute Gasteiger partial charge is 0.123 e. The highest BCUT2D eigenvalue weighted by Crippen LogP contribution is 2.18. The highest BCUT2D eigenvalue weighted by Gasteiger charge is 1.96. The second kappa shape index (κ2) is 8.84. The molecule has 1 N–H and O–H groups in total. The van der Waals surface area contributed by atoms with Crippen LogP contribution in [0.25, 0.3) is 0 Å². The molecule has 96 valence electrons. The van der Waals surface area contributed by atoms with Crippen molar-refractivity contribution in [3.05, 3.63) is 24.3 Å². The number of benzene rings is 1. The van der Waals surface area contributed by atoms with Crippen LogP contribution in [0.4, 0.5) is 0 Å². The minimum Gasteiger partial charge on any atom is -0.497 e. The van der Waals surface area contributed by atoms with E-state index in [4.69, 9.17) is 14.2 Å². The first-order valence-electron chi connectivity index (χ1n) is 5.92. The van der Waals surface area contributed by atoms with Gasteiger partial charge in [0.25, 0.3) is 0 Å². The first-order valence-corrected chi connectivity index (χ1v) is 5.92. The predicted octanol–water partition coefficient (Wildman–Crippen LogP) is 1.70. The molecule has 0 saturated heterocycles. The van der Waals surface area contributed by atoms with Gasteiger partial charge in [-0.15, -0.1) is 0 Å². The second-order valence-electron chi connectivity index (χ2n) is 3.47. The Morgan fingerprint density at radius 3 is 2.65 bits per heavy atom. The Morgan fingerprint density at radius 1 is 1.12 bits per heavy atom. The first kappa shape index (κ1) is 13.8. The fraction of sp³-hybridized carbons (Fsp3) is 0.538. The molecular formula is C13H21NO3. The van der Waals surface area contributed by atoms with Gasteiger partial charge in [-0.2, -0.15) is 0 Å². The molecule has 0 spiro atoms. The largest absolute Gasteiger partial charge is 0.497 e. The molecule has 0 bridgehead atoms. The van der Waals surface area contributed by atoms with Gasteiger partial charge in [0.2, 0.25) is 0 Å². The lowest BCUT2D eigenvalue weighted by Gasteiger charge is -2.08. The third kappa shape index (κ3) is 6.14. The van der Waals surface area contributed by atoms with Crippen LogP contribution in [0.2, 0.25) is 0 Å². The van der Waals surface area contributed by atoms with Gasteiger partial charge in [0.05, 0.1) is 13.7 Å². The molecule has 0 radical (unpaired) electrons. The van der Waals surface area contributed by atoms with E-state index in [9.17, 15) is 0 Å². The summed E-state index contributed by atoms with van der Waals surface area (Å²) in [5, 5.41) is 3.24. The van der Waals surface area contributed by atoms with Gasteiger partial charge >= 0.3 is 0 Å². The summed E-state index contributed by atoms with van der Waals surface area (Å²) in [6.45, 7) is 5.81. The molecule has 0 saturated carbocycles. The fourth-order valence-corrected chi connectivity index (χ4v) is 1.35. The zero-order valence-electron chi connectivity index (χ0n) is 10.6. The van der Waals surface area contributed by atoms with Crippen LogP contribution in [-0.4, -0.2) is 40.0 Å². The summed E-state index contributed by atoms with van der Waals surface area (Å²) in [6, 6.07) is 7.60. The van der Waals surface area contributed by atoms with Gasteiger partial charge in [-0.05, 0) is 19.1 Å². The van der Waals surface area contributed by atoms with E-state index in [1.54, 1.807) is 7.11 Å². The third-order valence-electron chi connectivity index (χ3n) is 2.22. The zero-order chi connectivity index (χ0) is 12.3. The zero-order valence-corrected chi connectivity index (χ0v) is 10.6. The molecule has 0 aromatic heterocycles. The van der Waals surface area contributed by atoms with Crippen molar-refractivity contribution in [3.8, 4) is 11.5 Å². The van der Waals surface area contributed by atoms with Crippen LogP contribution in [0, 0.1) is 0 Å². The van der Waals surface area contributed by atoms with Crippen LogP contribution < -0.4 is 14.8 Å². The third-order valence-corrected chi connectivity index (χ3v) is 2.22. The molecule has 4 nitrogen and oxygen atoms in total. The molecule has 0 aliphatic carbocycles. The van der Waals surface area contributed by atoms with Crippen molar-refractivity contribution in [2.24, 2.45) is 0 Å². The number of hydrogen-bond acceptors (Lipinski definition) is 4. The molecule has 17 heavy (non-hydrogen) atoms. The number of rotatable bonds is 9. The number of methoxy groups -OCH3 is 1. The summed E-state index contributed by atoms with van der Waals surface area (Å²) in [5.41, 5.74) is 0. The van der Waals surface area contributed by atoms with Gasteiger partial charge < -0.3 is 19.5 Å². The van der Waals surface area contributed by atoms with Crippen LogP contribution in [-0.2, 0) is 4.74 Å². The number of nitrogens with one attached hydrogen (secondary N) is 1. The molecule has 0 atom stereocenters. The SMILES string of the molecule is CCOCCNCCOc1cccc(OC)c1. The van der Waals surface area contributed by atoms with Crippen LogP contribution >= 0.6 is 0 Å². The molecule has 1 rings (SSSR count). The van der Waals surface area contributed by atoms with Crippen molar-refractivity contribution in [3.63, 3.8) is 0 Å². The van der Waals surface area contributed by atoms with Crippen molar-refractivity contribution in [2.75, 3.05) is 40.0 Å². The van der Waals surface area contributed by atoms with E-state index in [-0.39, 0.29) is 0 Å². The van der Waals surface area contributed by atoms with Crippen molar-refractivity contribution in [2.45, 2.75) is 6.92 Å². The lowest BCUT2D eigenvalue weighted by molar-refractivity contribution is 0.148. The molecule has 1 aromatic carbocycles. The van der Waals surface area contributed by atoms with E-state index in [2.05, 4.69) is 5.32 Å². The average Bonchev–Trinajstić information content (AvgIpc) is 2.38. The van der Waals surface area contributed by atoms with Crippen molar-refractivity contribution < 1.29 is 14.2 Å². The minimum atomic E-state index is 0.638. The average molecular weight is 239 g/mol. The van der Waals surface area contributed by atoms with Crippen molar-refractivity contribution in [1.29, 1.82) is 0 Å². The van der Waals surface area contributed by atoms with E-state index in [0.29, 0.717) is 6.61 Å². The van der Waals surface area contributed by atoms with E-state index < -0.39 is 0 Å². The maximum atomic E-state index is 5.57. The maximum absolute atomic E-state index is 5.57. The van der Waals surface area contributed by atoms with Gasteiger partial charge in [-0.25, -0.2) is 0 Å². The van der Waals surface area contributed by atoms with Gasteiger partial charge in [-0.1, -0.05) is 6.07 Å². The van der Waals surface area contributed by atoms with Crippen LogP contribution in [0.1, 0.15) is 6.92 Å². The van der Waals surface area contributed by atoms with Crippen molar-refractivity contribution >= 4 is 0 Å². The molecule has 1 aromatic rings. The summed E-state index contributed by atoms with van der Waals surface area (Å²) >= 11 is 0. The molecular weight excluding hydrogens is 218 g/mol. The van der Waals surface area contributed by atoms with Gasteiger partial charge in [0.1, 0.15) is 18.1 Å². The quantitative estimate of drug-likeness (QED) is 0.666. The monoisotopic (exact) mass is 239 g/mol. The lowest BCUT2D eigenvalue weighted by Crippen LogP contribution is -2.24. The maximum Gasteiger partial charge on any atom is 0.123 e. The Morgan fingerprint density at radius 2 is 1.88 bits per heavy atom. The molecule has 0 aliphatic heterocycles. The minimum absolute atomic E-state index is 0.638. The Kier molecular flexibility index (Phi) is 7.18. The Balaban J connectivity index is 2.09. The molecule has 0 aliphatic rings. The van der Waals surface area contributed by atoms with Crippen LogP contribution in [0.3, 0.4) is 0 Å². The second-order valence-corrected chi connectivity index (χ2v) is 3.47. The highest BCUT2D eigenvalue weighted by atomic mass is 16.5. The summed E-state index contributed by atoms with van der Waals surface area (Å²) in [4.78, 5) is 0. The van der Waals surface area contributed by atoms with E-state index in [1.165, 1.54) is 0 Å². The van der Waals surface area contributed by atoms with Gasteiger partial charge in [0.15, 0.2) is 0 Å². The highest BCUT2D eigenvalue weighted by molar-refractivity contribution is 5.32. The standard InChI is InChI=1S/C13H21NO3/c1-3-16-9-7-14-8-10-17-13-6-4-5-12(11-13)15-2/h4-6,11,14H,3,7-10H2,1-2H3. The fourth-order valence-electron chi connectivity index (χ4n) is 1.35. The van der Waals surface area contributed by atoms with E-state index in [0.717, 1.165) is 37.8 Å². The number of hydrogen-bond donors (Lipinski definition) is 1. The lowest BCUT2D eigenvalue weighted by atomic mass is 10.3. The summed E-state index contributed by atoms with van der Waals surface area (Å²) in [7, 11) is 1.65. The van der Waals surface area contributed by atoms with Gasteiger partial charge in [0, 0.05) is 25.8 Å². The number of ether oxygens (including phenoxy) is 3. The molecule has 0 unspecified atom stereocenters. The van der Waals surface area contributed by atoms with E-state index >= 15 is 0 Å². The molecule has 0 amide bonds. The molecule has 0 fully saturated rings. The Hall–Kier alpha value is -1.26. The summed E-state index contributed by atoms with van der Waals surface area (Å²) < 4.78 is 15.9. The summed E-state index contributed by atoms with van der Waals surface area (Å²) in [5.74, 6) is 1.64.